The Morgan fingerprint density at radius 2 is 1.32 bits per heavy atom. The molecule has 1 unspecified atom stereocenters. The van der Waals surface area contributed by atoms with Gasteiger partial charge in [-0.1, -0.05) is 68.4 Å². The van der Waals surface area contributed by atoms with Crippen molar-refractivity contribution in [1.82, 2.24) is 0 Å². The van der Waals surface area contributed by atoms with E-state index in [4.69, 9.17) is 9.31 Å². The Morgan fingerprint density at radius 3 is 1.88 bits per heavy atom. The lowest BCUT2D eigenvalue weighted by Crippen LogP contribution is -2.44. The molecular weight excluding hydrogens is 326 g/mol. The van der Waals surface area contributed by atoms with Crippen LogP contribution in [0.15, 0.2) is 54.6 Å². The van der Waals surface area contributed by atoms with Gasteiger partial charge in [-0.05, 0) is 57.3 Å². The highest BCUT2D eigenvalue weighted by Crippen LogP contribution is 2.40. The SMILES string of the molecule is CC(C)P(c1ccccc1)c1ccccc1B1OC(C)(C)C(C)(C)O1. The van der Waals surface area contributed by atoms with E-state index in [1.165, 1.54) is 16.1 Å². The summed E-state index contributed by atoms with van der Waals surface area (Å²) in [6, 6.07) is 19.5. The molecule has 0 aromatic heterocycles. The third-order valence-corrected chi connectivity index (χ3v) is 8.07. The molecule has 0 aliphatic carbocycles. The topological polar surface area (TPSA) is 18.5 Å². The van der Waals surface area contributed by atoms with Crippen molar-refractivity contribution in [2.24, 2.45) is 0 Å². The van der Waals surface area contributed by atoms with Crippen molar-refractivity contribution < 1.29 is 9.31 Å². The standard InChI is InChI=1S/C21H28BO2P/c1-16(2)25(17-12-8-7-9-13-17)19-15-11-10-14-18(19)22-23-20(3,4)21(5,6)24-22/h7-16H,1-6H3. The van der Waals surface area contributed by atoms with Gasteiger partial charge in [0.05, 0.1) is 11.2 Å². The third-order valence-electron chi connectivity index (χ3n) is 5.25. The molecule has 0 saturated carbocycles. The Bertz CT molecular complexity index is 712. The lowest BCUT2D eigenvalue weighted by atomic mass is 9.79. The van der Waals surface area contributed by atoms with Crippen molar-refractivity contribution in [3.63, 3.8) is 0 Å². The van der Waals surface area contributed by atoms with E-state index in [1.807, 2.05) is 0 Å². The first-order chi connectivity index (χ1) is 11.7. The summed E-state index contributed by atoms with van der Waals surface area (Å²) in [5.74, 6) is 0. The summed E-state index contributed by atoms with van der Waals surface area (Å²) in [7, 11) is -0.780. The zero-order chi connectivity index (χ0) is 18.2. The molecule has 0 N–H and O–H groups in total. The molecule has 25 heavy (non-hydrogen) atoms. The maximum atomic E-state index is 6.34. The Hall–Kier alpha value is -1.15. The van der Waals surface area contributed by atoms with Gasteiger partial charge >= 0.3 is 7.12 Å². The summed E-state index contributed by atoms with van der Waals surface area (Å²) in [6.07, 6.45) is 0. The maximum Gasteiger partial charge on any atom is 0.495 e. The van der Waals surface area contributed by atoms with Crippen LogP contribution in [0.3, 0.4) is 0 Å². The summed E-state index contributed by atoms with van der Waals surface area (Å²) in [5.41, 5.74) is 1.07. The monoisotopic (exact) mass is 354 g/mol. The van der Waals surface area contributed by atoms with Gasteiger partial charge in [0.1, 0.15) is 0 Å². The van der Waals surface area contributed by atoms with Crippen LogP contribution >= 0.6 is 7.92 Å². The molecule has 2 aromatic carbocycles. The molecule has 4 heteroatoms. The molecule has 1 fully saturated rings. The second-order valence-electron chi connectivity index (χ2n) is 7.95. The second kappa shape index (κ2) is 6.87. The molecule has 0 spiro atoms. The molecule has 2 nitrogen and oxygen atoms in total. The van der Waals surface area contributed by atoms with Gasteiger partial charge in [0.2, 0.25) is 0 Å². The number of hydrogen-bond acceptors (Lipinski definition) is 2. The summed E-state index contributed by atoms with van der Waals surface area (Å²) in [4.78, 5) is 0. The third kappa shape index (κ3) is 3.56. The van der Waals surface area contributed by atoms with Crippen molar-refractivity contribution in [3.05, 3.63) is 54.6 Å². The summed E-state index contributed by atoms with van der Waals surface area (Å²) in [5, 5.41) is 2.76. The quantitative estimate of drug-likeness (QED) is 0.614. The van der Waals surface area contributed by atoms with Crippen LogP contribution in [-0.4, -0.2) is 24.0 Å². The zero-order valence-electron chi connectivity index (χ0n) is 16.1. The van der Waals surface area contributed by atoms with Gasteiger partial charge in [0.15, 0.2) is 0 Å². The van der Waals surface area contributed by atoms with Gasteiger partial charge in [-0.2, -0.15) is 0 Å². The molecule has 1 saturated heterocycles. The average molecular weight is 354 g/mol. The summed E-state index contributed by atoms with van der Waals surface area (Å²) in [6.45, 7) is 13.0. The number of rotatable bonds is 4. The highest BCUT2D eigenvalue weighted by Gasteiger charge is 2.52. The van der Waals surface area contributed by atoms with Crippen molar-refractivity contribution in [3.8, 4) is 0 Å². The number of benzene rings is 2. The fraction of sp³-hybridized carbons (Fsp3) is 0.429. The smallest absolute Gasteiger partial charge is 0.399 e. The molecule has 1 aliphatic rings. The van der Waals surface area contributed by atoms with E-state index in [-0.39, 0.29) is 18.3 Å². The predicted octanol–water partition coefficient (Wildman–Crippen LogP) is 3.83. The average Bonchev–Trinajstić information content (AvgIpc) is 2.77. The van der Waals surface area contributed by atoms with Gasteiger partial charge in [-0.3, -0.25) is 0 Å². The summed E-state index contributed by atoms with van der Waals surface area (Å²) >= 11 is 0. The highest BCUT2D eigenvalue weighted by atomic mass is 31.1. The molecule has 1 aliphatic heterocycles. The van der Waals surface area contributed by atoms with Crippen LogP contribution in [0, 0.1) is 0 Å². The summed E-state index contributed by atoms with van der Waals surface area (Å²) < 4.78 is 12.7. The van der Waals surface area contributed by atoms with E-state index in [9.17, 15) is 0 Å². The van der Waals surface area contributed by atoms with Crippen molar-refractivity contribution >= 4 is 31.1 Å². The van der Waals surface area contributed by atoms with Crippen LogP contribution < -0.4 is 16.1 Å². The molecule has 1 heterocycles. The van der Waals surface area contributed by atoms with E-state index in [1.54, 1.807) is 0 Å². The van der Waals surface area contributed by atoms with Crippen LogP contribution in [0.4, 0.5) is 0 Å². The Labute approximate surface area is 153 Å². The van der Waals surface area contributed by atoms with Crippen LogP contribution in [0.2, 0.25) is 0 Å². The second-order valence-corrected chi connectivity index (χ2v) is 10.7. The van der Waals surface area contributed by atoms with Gasteiger partial charge in [-0.25, -0.2) is 0 Å². The zero-order valence-corrected chi connectivity index (χ0v) is 17.0. The maximum absolute atomic E-state index is 6.34. The molecule has 0 bridgehead atoms. The highest BCUT2D eigenvalue weighted by molar-refractivity contribution is 7.74. The van der Waals surface area contributed by atoms with Gasteiger partial charge < -0.3 is 9.31 Å². The van der Waals surface area contributed by atoms with E-state index in [0.29, 0.717) is 5.66 Å². The Kier molecular flexibility index (Phi) is 5.12. The predicted molar refractivity (Wildman–Crippen MR) is 110 cm³/mol. The molecule has 1 atom stereocenters. The first-order valence-electron chi connectivity index (χ1n) is 9.02. The molecule has 3 rings (SSSR count). The first-order valence-corrected chi connectivity index (χ1v) is 10.4. The largest absolute Gasteiger partial charge is 0.495 e. The van der Waals surface area contributed by atoms with E-state index in [2.05, 4.69) is 96.1 Å². The van der Waals surface area contributed by atoms with E-state index in [0.717, 1.165) is 0 Å². The number of hydrogen-bond donors (Lipinski definition) is 0. The fourth-order valence-electron chi connectivity index (χ4n) is 3.18. The van der Waals surface area contributed by atoms with Gasteiger partial charge in [-0.15, -0.1) is 0 Å². The van der Waals surface area contributed by atoms with Crippen molar-refractivity contribution in [2.45, 2.75) is 58.4 Å². The van der Waals surface area contributed by atoms with Crippen LogP contribution in [0.1, 0.15) is 41.5 Å². The molecular formula is C21H28BO2P. The minimum Gasteiger partial charge on any atom is -0.399 e. The molecule has 0 amide bonds. The minimum atomic E-state index is -0.468. The lowest BCUT2D eigenvalue weighted by molar-refractivity contribution is 0.00578. The van der Waals surface area contributed by atoms with Gasteiger partial charge in [0, 0.05) is 0 Å². The normalized spacial score (nSPS) is 20.0. The molecule has 0 radical (unpaired) electrons. The van der Waals surface area contributed by atoms with E-state index < -0.39 is 7.92 Å². The minimum absolute atomic E-state index is 0.311. The van der Waals surface area contributed by atoms with Crippen LogP contribution in [0.5, 0.6) is 0 Å². The van der Waals surface area contributed by atoms with Crippen LogP contribution in [0.25, 0.3) is 0 Å². The fourth-order valence-corrected chi connectivity index (χ4v) is 5.81. The van der Waals surface area contributed by atoms with Gasteiger partial charge in [0.25, 0.3) is 0 Å². The van der Waals surface area contributed by atoms with E-state index >= 15 is 0 Å². The lowest BCUT2D eigenvalue weighted by Gasteiger charge is -2.32. The van der Waals surface area contributed by atoms with Crippen LogP contribution in [-0.2, 0) is 9.31 Å². The molecule has 132 valence electrons. The molecule has 2 aromatic rings. The van der Waals surface area contributed by atoms with Crippen molar-refractivity contribution in [1.29, 1.82) is 0 Å². The Morgan fingerprint density at radius 1 is 0.800 bits per heavy atom. The first kappa shape index (κ1) is 18.6. The Balaban J connectivity index is 2.04. The van der Waals surface area contributed by atoms with Crippen molar-refractivity contribution in [2.75, 3.05) is 0 Å².